The van der Waals surface area contributed by atoms with Crippen molar-refractivity contribution >= 4 is 11.6 Å². The second-order valence-corrected chi connectivity index (χ2v) is 4.13. The Morgan fingerprint density at radius 3 is 2.72 bits per heavy atom. The number of halogens is 2. The molecular weight excluding hydrogens is 255 g/mol. The summed E-state index contributed by atoms with van der Waals surface area (Å²) in [4.78, 5) is 4.13. The lowest BCUT2D eigenvalue weighted by atomic mass is 10.2. The Bertz CT molecular complexity index is 531. The molecule has 0 radical (unpaired) electrons. The molecule has 2 aromatic rings. The molecule has 0 atom stereocenters. The number of nitrogens with zero attached hydrogens (tertiary/aromatic N) is 1. The second kappa shape index (κ2) is 5.80. The van der Waals surface area contributed by atoms with Crippen LogP contribution in [0.2, 0.25) is 5.02 Å². The van der Waals surface area contributed by atoms with E-state index in [1.807, 2.05) is 6.07 Å². The second-order valence-electron chi connectivity index (χ2n) is 3.72. The number of ether oxygens (including phenoxy) is 1. The smallest absolute Gasteiger partial charge is 0.219 e. The molecule has 1 aromatic heterocycles. The van der Waals surface area contributed by atoms with E-state index in [0.717, 1.165) is 12.0 Å². The third-order valence-electron chi connectivity index (χ3n) is 2.34. The Morgan fingerprint density at radius 1 is 1.28 bits per heavy atom. The van der Waals surface area contributed by atoms with Crippen LogP contribution in [0.5, 0.6) is 11.6 Å². The minimum Gasteiger partial charge on any atom is -0.437 e. The van der Waals surface area contributed by atoms with Gasteiger partial charge in [0.15, 0.2) is 0 Å². The van der Waals surface area contributed by atoms with Crippen molar-refractivity contribution in [3.8, 4) is 11.6 Å². The number of hydrogen-bond donors (Lipinski definition) is 1. The summed E-state index contributed by atoms with van der Waals surface area (Å²) in [6.07, 6.45) is 2.46. The summed E-state index contributed by atoms with van der Waals surface area (Å²) in [6.45, 7) is 0.575. The van der Waals surface area contributed by atoms with E-state index in [-0.39, 0.29) is 5.02 Å². The quantitative estimate of drug-likeness (QED) is 0.925. The van der Waals surface area contributed by atoms with E-state index in [2.05, 4.69) is 4.98 Å². The maximum Gasteiger partial charge on any atom is 0.219 e. The lowest BCUT2D eigenvalue weighted by Gasteiger charge is -2.07. The predicted octanol–water partition coefficient (Wildman–Crippen LogP) is 3.17. The largest absolute Gasteiger partial charge is 0.437 e. The van der Waals surface area contributed by atoms with Gasteiger partial charge in [0.1, 0.15) is 11.6 Å². The summed E-state index contributed by atoms with van der Waals surface area (Å²) < 4.78 is 18.3. The summed E-state index contributed by atoms with van der Waals surface area (Å²) in [5.41, 5.74) is 6.48. The van der Waals surface area contributed by atoms with Crippen molar-refractivity contribution < 1.29 is 9.13 Å². The highest BCUT2D eigenvalue weighted by Crippen LogP contribution is 2.28. The average molecular weight is 267 g/mol. The van der Waals surface area contributed by atoms with Crippen molar-refractivity contribution in [1.29, 1.82) is 0 Å². The van der Waals surface area contributed by atoms with Gasteiger partial charge in [0.25, 0.3) is 0 Å². The summed E-state index contributed by atoms with van der Waals surface area (Å²) in [6, 6.07) is 7.55. The highest BCUT2D eigenvalue weighted by atomic mass is 35.5. The molecule has 1 heterocycles. The van der Waals surface area contributed by atoms with Crippen LogP contribution >= 0.6 is 11.6 Å². The Morgan fingerprint density at radius 2 is 2.11 bits per heavy atom. The Hall–Kier alpha value is -1.65. The molecule has 0 spiro atoms. The van der Waals surface area contributed by atoms with E-state index in [1.54, 1.807) is 12.3 Å². The Balaban J connectivity index is 2.13. The van der Waals surface area contributed by atoms with E-state index in [0.29, 0.717) is 18.2 Å². The topological polar surface area (TPSA) is 48.1 Å². The average Bonchev–Trinajstić information content (AvgIpc) is 2.35. The fourth-order valence-electron chi connectivity index (χ4n) is 1.46. The lowest BCUT2D eigenvalue weighted by molar-refractivity contribution is 0.461. The zero-order valence-electron chi connectivity index (χ0n) is 9.57. The standard InChI is InChI=1S/C13H12ClFN2O/c14-11-7-10(15)2-3-12(11)18-13-4-1-9(5-6-16)8-17-13/h1-4,7-8H,5-6,16H2. The highest BCUT2D eigenvalue weighted by molar-refractivity contribution is 6.32. The van der Waals surface area contributed by atoms with Gasteiger partial charge in [-0.05, 0) is 36.7 Å². The van der Waals surface area contributed by atoms with Gasteiger partial charge in [-0.2, -0.15) is 0 Å². The molecule has 2 rings (SSSR count). The molecule has 0 aliphatic heterocycles. The van der Waals surface area contributed by atoms with Crippen molar-refractivity contribution in [3.05, 3.63) is 52.9 Å². The summed E-state index contributed by atoms with van der Waals surface area (Å²) >= 11 is 5.85. The molecule has 0 saturated heterocycles. The third-order valence-corrected chi connectivity index (χ3v) is 2.63. The summed E-state index contributed by atoms with van der Waals surface area (Å²) in [5, 5.41) is 0.211. The molecule has 0 saturated carbocycles. The summed E-state index contributed by atoms with van der Waals surface area (Å²) in [7, 11) is 0. The number of hydrogen-bond acceptors (Lipinski definition) is 3. The van der Waals surface area contributed by atoms with Crippen LogP contribution in [0, 0.1) is 5.82 Å². The van der Waals surface area contributed by atoms with Crippen LogP contribution < -0.4 is 10.5 Å². The monoisotopic (exact) mass is 266 g/mol. The lowest BCUT2D eigenvalue weighted by Crippen LogP contribution is -2.02. The summed E-state index contributed by atoms with van der Waals surface area (Å²) in [5.74, 6) is 0.375. The predicted molar refractivity (Wildman–Crippen MR) is 68.5 cm³/mol. The fourth-order valence-corrected chi connectivity index (χ4v) is 1.66. The van der Waals surface area contributed by atoms with Crippen LogP contribution in [0.3, 0.4) is 0 Å². The van der Waals surface area contributed by atoms with Gasteiger partial charge in [0.05, 0.1) is 5.02 Å². The molecule has 0 unspecified atom stereocenters. The van der Waals surface area contributed by atoms with Crippen LogP contribution in [0.25, 0.3) is 0 Å². The van der Waals surface area contributed by atoms with Gasteiger partial charge in [-0.1, -0.05) is 17.7 Å². The number of pyridine rings is 1. The molecule has 94 valence electrons. The van der Waals surface area contributed by atoms with Crippen molar-refractivity contribution in [3.63, 3.8) is 0 Å². The van der Waals surface area contributed by atoms with E-state index < -0.39 is 5.82 Å². The minimum atomic E-state index is -0.404. The number of aromatic nitrogens is 1. The molecule has 1 aromatic carbocycles. The first-order valence-electron chi connectivity index (χ1n) is 5.47. The minimum absolute atomic E-state index is 0.211. The van der Waals surface area contributed by atoms with Crippen molar-refractivity contribution in [2.75, 3.05) is 6.54 Å². The van der Waals surface area contributed by atoms with Crippen LogP contribution in [-0.2, 0) is 6.42 Å². The molecule has 0 bridgehead atoms. The van der Waals surface area contributed by atoms with Gasteiger partial charge in [0, 0.05) is 12.3 Å². The number of rotatable bonds is 4. The van der Waals surface area contributed by atoms with Crippen LogP contribution in [0.4, 0.5) is 4.39 Å². The maximum atomic E-state index is 12.9. The van der Waals surface area contributed by atoms with Gasteiger partial charge < -0.3 is 10.5 Å². The van der Waals surface area contributed by atoms with Crippen LogP contribution in [0.15, 0.2) is 36.5 Å². The van der Waals surface area contributed by atoms with E-state index in [9.17, 15) is 4.39 Å². The molecule has 0 amide bonds. The van der Waals surface area contributed by atoms with Crippen LogP contribution in [-0.4, -0.2) is 11.5 Å². The molecule has 2 N–H and O–H groups in total. The third kappa shape index (κ3) is 3.18. The normalized spacial score (nSPS) is 10.4. The zero-order chi connectivity index (χ0) is 13.0. The first-order valence-corrected chi connectivity index (χ1v) is 5.85. The molecule has 0 aliphatic rings. The first kappa shape index (κ1) is 12.8. The van der Waals surface area contributed by atoms with Gasteiger partial charge in [0.2, 0.25) is 5.88 Å². The Kier molecular flexibility index (Phi) is 4.12. The van der Waals surface area contributed by atoms with Gasteiger partial charge in [-0.25, -0.2) is 9.37 Å². The fraction of sp³-hybridized carbons (Fsp3) is 0.154. The van der Waals surface area contributed by atoms with Gasteiger partial charge in [-0.3, -0.25) is 0 Å². The van der Waals surface area contributed by atoms with Crippen molar-refractivity contribution in [2.24, 2.45) is 5.73 Å². The van der Waals surface area contributed by atoms with E-state index in [1.165, 1.54) is 18.2 Å². The zero-order valence-corrected chi connectivity index (χ0v) is 10.3. The van der Waals surface area contributed by atoms with Crippen molar-refractivity contribution in [2.45, 2.75) is 6.42 Å². The van der Waals surface area contributed by atoms with E-state index in [4.69, 9.17) is 22.1 Å². The highest BCUT2D eigenvalue weighted by Gasteiger charge is 2.05. The molecule has 0 aliphatic carbocycles. The van der Waals surface area contributed by atoms with Crippen LogP contribution in [0.1, 0.15) is 5.56 Å². The SMILES string of the molecule is NCCc1ccc(Oc2ccc(F)cc2Cl)nc1. The molecular formula is C13H12ClFN2O. The maximum absolute atomic E-state index is 12.9. The number of nitrogens with two attached hydrogens (primary N) is 1. The first-order chi connectivity index (χ1) is 8.69. The van der Waals surface area contributed by atoms with Crippen molar-refractivity contribution in [1.82, 2.24) is 4.98 Å². The molecule has 5 heteroatoms. The number of benzene rings is 1. The van der Waals surface area contributed by atoms with E-state index >= 15 is 0 Å². The van der Waals surface area contributed by atoms with Gasteiger partial charge >= 0.3 is 0 Å². The van der Waals surface area contributed by atoms with Gasteiger partial charge in [-0.15, -0.1) is 0 Å². The molecule has 18 heavy (non-hydrogen) atoms. The molecule has 3 nitrogen and oxygen atoms in total. The molecule has 0 fully saturated rings. The Labute approximate surface area is 109 Å².